The Kier molecular flexibility index (Phi) is 3.96. The van der Waals surface area contributed by atoms with Gasteiger partial charge in [0, 0.05) is 30.5 Å². The van der Waals surface area contributed by atoms with E-state index in [1.165, 1.54) is 0 Å². The number of imide groups is 1. The lowest BCUT2D eigenvalue weighted by Crippen LogP contribution is -2.37. The number of imidazole rings is 1. The van der Waals surface area contributed by atoms with Crippen LogP contribution in [-0.4, -0.2) is 45.0 Å². The highest BCUT2D eigenvalue weighted by Crippen LogP contribution is 2.30. The molecule has 4 amide bonds. The van der Waals surface area contributed by atoms with Crippen molar-refractivity contribution in [3.63, 3.8) is 0 Å². The molecule has 3 aromatic rings. The predicted octanol–water partition coefficient (Wildman–Crippen LogP) is 3.14. The first-order chi connectivity index (χ1) is 12.5. The third kappa shape index (κ3) is 2.95. The van der Waals surface area contributed by atoms with Gasteiger partial charge in [0.1, 0.15) is 5.82 Å². The summed E-state index contributed by atoms with van der Waals surface area (Å²) < 4.78 is 0. The normalized spacial score (nSPS) is 13.9. The topological polar surface area (TPSA) is 103 Å². The van der Waals surface area contributed by atoms with E-state index in [0.29, 0.717) is 40.8 Å². The number of carbonyl (C=O) groups excluding carboxylic acids is 2. The fourth-order valence-corrected chi connectivity index (χ4v) is 2.98. The van der Waals surface area contributed by atoms with Crippen LogP contribution in [0.5, 0.6) is 0 Å². The number of halogens is 1. The molecule has 1 fully saturated rings. The van der Waals surface area contributed by atoms with Crippen molar-refractivity contribution in [2.45, 2.75) is 6.92 Å². The van der Waals surface area contributed by atoms with Crippen molar-refractivity contribution < 1.29 is 9.59 Å². The SMILES string of the molecule is Cc1cnc2nc(-c3cc(NC(=O)N4CCNC4=O)ccc3Cl)[nH]c2c1. The second kappa shape index (κ2) is 6.30. The van der Waals surface area contributed by atoms with Gasteiger partial charge in [-0.05, 0) is 36.8 Å². The highest BCUT2D eigenvalue weighted by molar-refractivity contribution is 6.33. The average Bonchev–Trinajstić information content (AvgIpc) is 3.22. The molecular formula is C17H15ClN6O2. The molecule has 1 aliphatic heterocycles. The number of nitrogens with one attached hydrogen (secondary N) is 3. The average molecular weight is 371 g/mol. The van der Waals surface area contributed by atoms with Gasteiger partial charge in [0.15, 0.2) is 5.65 Å². The van der Waals surface area contributed by atoms with Crippen LogP contribution in [0.1, 0.15) is 5.56 Å². The first-order valence-corrected chi connectivity index (χ1v) is 8.38. The van der Waals surface area contributed by atoms with Gasteiger partial charge in [0.25, 0.3) is 0 Å². The van der Waals surface area contributed by atoms with Crippen LogP contribution in [0.25, 0.3) is 22.6 Å². The molecule has 8 nitrogen and oxygen atoms in total. The molecule has 0 aliphatic carbocycles. The molecular weight excluding hydrogens is 356 g/mol. The third-order valence-corrected chi connectivity index (χ3v) is 4.38. The molecule has 0 saturated carbocycles. The van der Waals surface area contributed by atoms with Crippen LogP contribution in [0.15, 0.2) is 30.5 Å². The summed E-state index contributed by atoms with van der Waals surface area (Å²) in [4.78, 5) is 36.9. The second-order valence-electron chi connectivity index (χ2n) is 5.98. The van der Waals surface area contributed by atoms with Crippen molar-refractivity contribution in [1.82, 2.24) is 25.2 Å². The number of fused-ring (bicyclic) bond motifs is 1. The van der Waals surface area contributed by atoms with E-state index in [-0.39, 0.29) is 0 Å². The van der Waals surface area contributed by atoms with Crippen LogP contribution in [0.3, 0.4) is 0 Å². The number of rotatable bonds is 2. The minimum absolute atomic E-state index is 0.333. The van der Waals surface area contributed by atoms with Crippen LogP contribution in [0.4, 0.5) is 15.3 Å². The number of anilines is 1. The molecule has 0 bridgehead atoms. The van der Waals surface area contributed by atoms with E-state index >= 15 is 0 Å². The van der Waals surface area contributed by atoms with E-state index in [1.54, 1.807) is 24.4 Å². The number of aromatic amines is 1. The van der Waals surface area contributed by atoms with Crippen molar-refractivity contribution in [3.8, 4) is 11.4 Å². The van der Waals surface area contributed by atoms with Gasteiger partial charge in [-0.1, -0.05) is 11.6 Å². The number of urea groups is 2. The number of nitrogens with zero attached hydrogens (tertiary/aromatic N) is 3. The molecule has 2 aromatic heterocycles. The van der Waals surface area contributed by atoms with E-state index in [0.717, 1.165) is 16.0 Å². The summed E-state index contributed by atoms with van der Waals surface area (Å²) >= 11 is 6.31. The fourth-order valence-electron chi connectivity index (χ4n) is 2.77. The number of amides is 4. The molecule has 0 atom stereocenters. The van der Waals surface area contributed by atoms with Crippen LogP contribution in [0, 0.1) is 6.92 Å². The van der Waals surface area contributed by atoms with Gasteiger partial charge >= 0.3 is 12.1 Å². The zero-order valence-electron chi connectivity index (χ0n) is 13.8. The Morgan fingerprint density at radius 1 is 1.35 bits per heavy atom. The molecule has 1 saturated heterocycles. The van der Waals surface area contributed by atoms with E-state index in [4.69, 9.17) is 11.6 Å². The monoisotopic (exact) mass is 370 g/mol. The van der Waals surface area contributed by atoms with E-state index in [2.05, 4.69) is 25.6 Å². The molecule has 9 heteroatoms. The standard InChI is InChI=1S/C17H15ClN6O2/c1-9-6-13-15(20-8-9)23-14(22-13)11-7-10(2-3-12(11)18)21-17(26)24-5-4-19-16(24)25/h2-3,6-8H,4-5H2,1H3,(H,19,25)(H,21,26)(H,20,22,23). The maximum absolute atomic E-state index is 12.2. The minimum atomic E-state index is -0.491. The molecule has 26 heavy (non-hydrogen) atoms. The Labute approximate surface area is 153 Å². The number of aromatic nitrogens is 3. The second-order valence-corrected chi connectivity index (χ2v) is 6.38. The van der Waals surface area contributed by atoms with Crippen LogP contribution >= 0.6 is 11.6 Å². The van der Waals surface area contributed by atoms with Crippen molar-refractivity contribution in [2.24, 2.45) is 0 Å². The van der Waals surface area contributed by atoms with Gasteiger partial charge in [-0.3, -0.25) is 0 Å². The minimum Gasteiger partial charge on any atom is -0.337 e. The van der Waals surface area contributed by atoms with Crippen molar-refractivity contribution >= 4 is 40.5 Å². The lowest BCUT2D eigenvalue weighted by atomic mass is 10.2. The molecule has 0 spiro atoms. The molecule has 132 valence electrons. The maximum Gasteiger partial charge on any atom is 0.330 e. The van der Waals surface area contributed by atoms with Crippen LogP contribution in [-0.2, 0) is 0 Å². The highest BCUT2D eigenvalue weighted by atomic mass is 35.5. The molecule has 1 aromatic carbocycles. The number of benzene rings is 1. The Bertz CT molecular complexity index is 1030. The van der Waals surface area contributed by atoms with Crippen LogP contribution in [0.2, 0.25) is 5.02 Å². The van der Waals surface area contributed by atoms with Gasteiger partial charge in [0.2, 0.25) is 0 Å². The number of pyridine rings is 1. The molecule has 3 heterocycles. The number of hydrogen-bond acceptors (Lipinski definition) is 4. The van der Waals surface area contributed by atoms with Gasteiger partial charge in [-0.2, -0.15) is 0 Å². The highest BCUT2D eigenvalue weighted by Gasteiger charge is 2.26. The third-order valence-electron chi connectivity index (χ3n) is 4.05. The summed E-state index contributed by atoms with van der Waals surface area (Å²) in [5.74, 6) is 0.554. The molecule has 3 N–H and O–H groups in total. The number of aryl methyl sites for hydroxylation is 1. The maximum atomic E-state index is 12.2. The largest absolute Gasteiger partial charge is 0.337 e. The van der Waals surface area contributed by atoms with Crippen molar-refractivity contribution in [3.05, 3.63) is 41.0 Å². The van der Waals surface area contributed by atoms with Gasteiger partial charge in [-0.25, -0.2) is 24.5 Å². The lowest BCUT2D eigenvalue weighted by Gasteiger charge is -2.14. The molecule has 0 unspecified atom stereocenters. The first-order valence-electron chi connectivity index (χ1n) is 8.00. The summed E-state index contributed by atoms with van der Waals surface area (Å²) in [6.45, 7) is 2.73. The van der Waals surface area contributed by atoms with Crippen molar-refractivity contribution in [2.75, 3.05) is 18.4 Å². The summed E-state index contributed by atoms with van der Waals surface area (Å²) in [5.41, 5.74) is 3.55. The molecule has 1 aliphatic rings. The van der Waals surface area contributed by atoms with E-state index in [1.807, 2.05) is 13.0 Å². The van der Waals surface area contributed by atoms with Crippen LogP contribution < -0.4 is 10.6 Å². The summed E-state index contributed by atoms with van der Waals surface area (Å²) in [5, 5.41) is 5.77. The Morgan fingerprint density at radius 3 is 2.96 bits per heavy atom. The Hall–Kier alpha value is -3.13. The van der Waals surface area contributed by atoms with Gasteiger partial charge in [0.05, 0.1) is 10.5 Å². The molecule has 4 rings (SSSR count). The molecule has 0 radical (unpaired) electrons. The zero-order valence-corrected chi connectivity index (χ0v) is 14.6. The first kappa shape index (κ1) is 16.3. The van der Waals surface area contributed by atoms with E-state index < -0.39 is 12.1 Å². The summed E-state index contributed by atoms with van der Waals surface area (Å²) in [6.07, 6.45) is 1.74. The lowest BCUT2D eigenvalue weighted by molar-refractivity contribution is 0.207. The predicted molar refractivity (Wildman–Crippen MR) is 98.2 cm³/mol. The fraction of sp³-hybridized carbons (Fsp3) is 0.176. The van der Waals surface area contributed by atoms with Crippen molar-refractivity contribution in [1.29, 1.82) is 0 Å². The Balaban J connectivity index is 1.65. The number of carbonyl (C=O) groups is 2. The van der Waals surface area contributed by atoms with Gasteiger partial charge < -0.3 is 15.6 Å². The number of H-pyrrole nitrogens is 1. The zero-order chi connectivity index (χ0) is 18.3. The smallest absolute Gasteiger partial charge is 0.330 e. The quantitative estimate of drug-likeness (QED) is 0.644. The van der Waals surface area contributed by atoms with Gasteiger partial charge in [-0.15, -0.1) is 0 Å². The summed E-state index contributed by atoms with van der Waals surface area (Å²) in [7, 11) is 0. The van der Waals surface area contributed by atoms with E-state index in [9.17, 15) is 9.59 Å². The summed E-state index contributed by atoms with van der Waals surface area (Å²) in [6, 6.07) is 6.10. The Morgan fingerprint density at radius 2 is 2.19 bits per heavy atom. The number of hydrogen-bond donors (Lipinski definition) is 3.